The van der Waals surface area contributed by atoms with Crippen LogP contribution in [0.4, 0.5) is 11.4 Å². The number of nitrogens with zero attached hydrogens (tertiary/aromatic N) is 1. The Balaban J connectivity index is 1.96. The number of para-hydroxylation sites is 1. The fourth-order valence-corrected chi connectivity index (χ4v) is 3.22. The van der Waals surface area contributed by atoms with Gasteiger partial charge in [-0.15, -0.1) is 0 Å². The normalized spacial score (nSPS) is 16.4. The van der Waals surface area contributed by atoms with E-state index >= 15 is 0 Å². The molecule has 1 fully saturated rings. The van der Waals surface area contributed by atoms with Crippen molar-refractivity contribution in [2.75, 3.05) is 10.2 Å². The lowest BCUT2D eigenvalue weighted by atomic mass is 10.1. The summed E-state index contributed by atoms with van der Waals surface area (Å²) < 4.78 is 0. The molecule has 0 bridgehead atoms. The van der Waals surface area contributed by atoms with Gasteiger partial charge in [0.25, 0.3) is 5.91 Å². The van der Waals surface area contributed by atoms with Gasteiger partial charge in [0.1, 0.15) is 6.04 Å². The average molecular weight is 382 g/mol. The third kappa shape index (κ3) is 3.44. The third-order valence-corrected chi connectivity index (χ3v) is 4.62. The molecule has 1 aliphatic heterocycles. The first-order chi connectivity index (χ1) is 13.2. The summed E-state index contributed by atoms with van der Waals surface area (Å²) in [5.41, 5.74) is 1.88. The Bertz CT molecular complexity index is 961. The quantitative estimate of drug-likeness (QED) is 0.679. The van der Waals surface area contributed by atoms with Crippen LogP contribution in [-0.2, 0) is 9.59 Å². The molecule has 1 aliphatic rings. The van der Waals surface area contributed by atoms with Gasteiger partial charge in [0.05, 0.1) is 23.2 Å². The van der Waals surface area contributed by atoms with Crippen LogP contribution in [0.5, 0.6) is 0 Å². The molecule has 8 nitrogen and oxygen atoms in total. The fraction of sp³-hybridized carbons (Fsp3) is 0.200. The first-order valence-electron chi connectivity index (χ1n) is 8.50. The molecular formula is C20H18N2O6. The maximum atomic E-state index is 12.9. The first-order valence-corrected chi connectivity index (χ1v) is 8.50. The SMILES string of the molecule is Cc1cccc(C)c1NC1CC(=O)N(c2cc(C(=O)O)cc(C(=O)O)c2)C1=O. The molecule has 28 heavy (non-hydrogen) atoms. The summed E-state index contributed by atoms with van der Waals surface area (Å²) in [6.07, 6.45) is -0.119. The zero-order valence-electron chi connectivity index (χ0n) is 15.2. The Hall–Kier alpha value is -3.68. The molecule has 8 heteroatoms. The first kappa shape index (κ1) is 19.1. The predicted octanol–water partition coefficient (Wildman–Crippen LogP) is 2.44. The Kier molecular flexibility index (Phi) is 4.87. The number of aryl methyl sites for hydroxylation is 2. The summed E-state index contributed by atoms with van der Waals surface area (Å²) in [6.45, 7) is 3.76. The largest absolute Gasteiger partial charge is 0.478 e. The van der Waals surface area contributed by atoms with Gasteiger partial charge in [0.15, 0.2) is 0 Å². The van der Waals surface area contributed by atoms with Gasteiger partial charge in [-0.2, -0.15) is 0 Å². The number of anilines is 2. The van der Waals surface area contributed by atoms with Crippen molar-refractivity contribution in [3.8, 4) is 0 Å². The summed E-state index contributed by atoms with van der Waals surface area (Å²) in [5.74, 6) is -3.80. The standard InChI is InChI=1S/C20H18N2O6/c1-10-4-3-5-11(2)17(10)21-15-9-16(23)22(18(15)24)14-7-12(19(25)26)6-13(8-14)20(27)28/h3-8,15,21H,9H2,1-2H3,(H,25,26)(H,27,28). The average Bonchev–Trinajstić information content (AvgIpc) is 2.91. The van der Waals surface area contributed by atoms with Crippen molar-refractivity contribution in [1.29, 1.82) is 0 Å². The van der Waals surface area contributed by atoms with Crippen LogP contribution >= 0.6 is 0 Å². The van der Waals surface area contributed by atoms with Gasteiger partial charge in [-0.05, 0) is 43.2 Å². The number of benzene rings is 2. The van der Waals surface area contributed by atoms with E-state index in [4.69, 9.17) is 0 Å². The third-order valence-electron chi connectivity index (χ3n) is 4.62. The molecule has 2 amide bonds. The van der Waals surface area contributed by atoms with Crippen molar-refractivity contribution in [2.24, 2.45) is 0 Å². The molecular weight excluding hydrogens is 364 g/mol. The molecule has 0 aromatic heterocycles. The zero-order valence-corrected chi connectivity index (χ0v) is 15.2. The molecule has 3 rings (SSSR count). The molecule has 0 radical (unpaired) electrons. The highest BCUT2D eigenvalue weighted by Crippen LogP contribution is 2.29. The van der Waals surface area contributed by atoms with E-state index in [1.807, 2.05) is 32.0 Å². The Morgan fingerprint density at radius 2 is 1.54 bits per heavy atom. The molecule has 2 aromatic carbocycles. The number of carbonyl (C=O) groups excluding carboxylic acids is 2. The maximum Gasteiger partial charge on any atom is 0.335 e. The Morgan fingerprint density at radius 3 is 2.04 bits per heavy atom. The van der Waals surface area contributed by atoms with Gasteiger partial charge in [0.2, 0.25) is 5.91 Å². The molecule has 144 valence electrons. The number of imide groups is 1. The number of aromatic carboxylic acids is 2. The second-order valence-electron chi connectivity index (χ2n) is 6.61. The highest BCUT2D eigenvalue weighted by atomic mass is 16.4. The van der Waals surface area contributed by atoms with Crippen molar-refractivity contribution in [3.05, 3.63) is 58.7 Å². The smallest absolute Gasteiger partial charge is 0.335 e. The summed E-state index contributed by atoms with van der Waals surface area (Å²) in [6, 6.07) is 8.03. The number of hydrogen-bond acceptors (Lipinski definition) is 5. The molecule has 1 saturated heterocycles. The van der Waals surface area contributed by atoms with Crippen LogP contribution in [0.25, 0.3) is 0 Å². The van der Waals surface area contributed by atoms with E-state index in [1.54, 1.807) is 0 Å². The summed E-state index contributed by atoms with van der Waals surface area (Å²) in [5, 5.41) is 21.5. The minimum absolute atomic E-state index is 0.0712. The van der Waals surface area contributed by atoms with Crippen molar-refractivity contribution in [1.82, 2.24) is 0 Å². The van der Waals surface area contributed by atoms with Gasteiger partial charge in [-0.1, -0.05) is 18.2 Å². The van der Waals surface area contributed by atoms with Gasteiger partial charge in [-0.3, -0.25) is 9.59 Å². The number of carbonyl (C=O) groups is 4. The van der Waals surface area contributed by atoms with E-state index in [0.717, 1.165) is 39.9 Å². The van der Waals surface area contributed by atoms with E-state index in [-0.39, 0.29) is 23.2 Å². The lowest BCUT2D eigenvalue weighted by Crippen LogP contribution is -2.35. The van der Waals surface area contributed by atoms with E-state index in [9.17, 15) is 29.4 Å². The number of hydrogen-bond donors (Lipinski definition) is 3. The molecule has 2 aromatic rings. The highest BCUT2D eigenvalue weighted by Gasteiger charge is 2.40. The molecule has 0 saturated carbocycles. The van der Waals surface area contributed by atoms with Crippen molar-refractivity contribution >= 4 is 35.1 Å². The molecule has 1 atom stereocenters. The van der Waals surface area contributed by atoms with Gasteiger partial charge < -0.3 is 15.5 Å². The number of carboxylic acid groups (broad SMARTS) is 2. The zero-order chi connectivity index (χ0) is 20.6. The van der Waals surface area contributed by atoms with Crippen LogP contribution in [0.15, 0.2) is 36.4 Å². The van der Waals surface area contributed by atoms with E-state index in [2.05, 4.69) is 5.32 Å². The highest BCUT2D eigenvalue weighted by molar-refractivity contribution is 6.23. The van der Waals surface area contributed by atoms with Crippen molar-refractivity contribution < 1.29 is 29.4 Å². The molecule has 3 N–H and O–H groups in total. The number of carboxylic acids is 2. The number of amides is 2. The molecule has 0 aliphatic carbocycles. The fourth-order valence-electron chi connectivity index (χ4n) is 3.22. The van der Waals surface area contributed by atoms with Gasteiger partial charge in [-0.25, -0.2) is 14.5 Å². The molecule has 1 heterocycles. The second-order valence-corrected chi connectivity index (χ2v) is 6.61. The summed E-state index contributed by atoms with van der Waals surface area (Å²) in [7, 11) is 0. The maximum absolute atomic E-state index is 12.9. The van der Waals surface area contributed by atoms with E-state index in [0.29, 0.717) is 0 Å². The van der Waals surface area contributed by atoms with Crippen LogP contribution in [0.1, 0.15) is 38.3 Å². The van der Waals surface area contributed by atoms with E-state index in [1.165, 1.54) is 0 Å². The predicted molar refractivity (Wildman–Crippen MR) is 101 cm³/mol. The summed E-state index contributed by atoms with van der Waals surface area (Å²) >= 11 is 0. The molecule has 1 unspecified atom stereocenters. The van der Waals surface area contributed by atoms with Crippen molar-refractivity contribution in [3.63, 3.8) is 0 Å². The molecule has 0 spiro atoms. The minimum atomic E-state index is -1.35. The summed E-state index contributed by atoms with van der Waals surface area (Å²) in [4.78, 5) is 48.8. The van der Waals surface area contributed by atoms with Crippen LogP contribution < -0.4 is 10.2 Å². The van der Waals surface area contributed by atoms with Crippen LogP contribution in [0.3, 0.4) is 0 Å². The minimum Gasteiger partial charge on any atom is -0.478 e. The Labute approximate surface area is 160 Å². The van der Waals surface area contributed by atoms with Gasteiger partial charge >= 0.3 is 11.9 Å². The van der Waals surface area contributed by atoms with Crippen LogP contribution in [0.2, 0.25) is 0 Å². The van der Waals surface area contributed by atoms with Crippen LogP contribution in [-0.4, -0.2) is 40.0 Å². The van der Waals surface area contributed by atoms with E-state index < -0.39 is 29.8 Å². The Morgan fingerprint density at radius 1 is 1.00 bits per heavy atom. The van der Waals surface area contributed by atoms with Crippen molar-refractivity contribution in [2.45, 2.75) is 26.3 Å². The number of nitrogens with one attached hydrogen (secondary N) is 1. The topological polar surface area (TPSA) is 124 Å². The number of rotatable bonds is 5. The van der Waals surface area contributed by atoms with Gasteiger partial charge in [0, 0.05) is 5.69 Å². The monoisotopic (exact) mass is 382 g/mol. The van der Waals surface area contributed by atoms with Crippen LogP contribution in [0, 0.1) is 13.8 Å². The lowest BCUT2D eigenvalue weighted by molar-refractivity contribution is -0.121. The second kappa shape index (κ2) is 7.15. The lowest BCUT2D eigenvalue weighted by Gasteiger charge is -2.19.